The zero-order chi connectivity index (χ0) is 18.2. The topological polar surface area (TPSA) is 123 Å². The number of hydrogen-bond acceptors (Lipinski definition) is 6. The number of hydrogen-bond donors (Lipinski definition) is 3. The van der Waals surface area contributed by atoms with Crippen molar-refractivity contribution in [2.75, 3.05) is 16.8 Å². The van der Waals surface area contributed by atoms with E-state index in [-0.39, 0.29) is 23.1 Å². The number of nitrogens with two attached hydrogens (primary N) is 1. The van der Waals surface area contributed by atoms with Crippen molar-refractivity contribution in [1.29, 1.82) is 0 Å². The third-order valence-corrected chi connectivity index (χ3v) is 5.11. The Hall–Kier alpha value is -2.20. The Kier molecular flexibility index (Phi) is 7.14. The Balaban J connectivity index is 1.97. The average molecular weight is 381 g/mol. The number of aromatic amines is 1. The van der Waals surface area contributed by atoms with Crippen LogP contribution in [0.15, 0.2) is 39.1 Å². The van der Waals surface area contributed by atoms with Crippen molar-refractivity contribution in [3.05, 3.63) is 34.7 Å². The lowest BCUT2D eigenvalue weighted by Gasteiger charge is -2.10. The van der Waals surface area contributed by atoms with Crippen molar-refractivity contribution in [3.8, 4) is 0 Å². The molecule has 10 heteroatoms. The predicted octanol–water partition coefficient (Wildman–Crippen LogP) is 1.29. The molecule has 0 aliphatic rings. The summed E-state index contributed by atoms with van der Waals surface area (Å²) in [5, 5.41) is 9.61. The lowest BCUT2D eigenvalue weighted by atomic mass is 10.3. The zero-order valence-electron chi connectivity index (χ0n) is 13.7. The van der Waals surface area contributed by atoms with Gasteiger partial charge in [-0.1, -0.05) is 30.8 Å². The van der Waals surface area contributed by atoms with Gasteiger partial charge in [0.05, 0.1) is 17.2 Å². The molecule has 8 nitrogen and oxygen atoms in total. The van der Waals surface area contributed by atoms with Gasteiger partial charge in [-0.25, -0.2) is 9.89 Å². The van der Waals surface area contributed by atoms with Crippen molar-refractivity contribution in [1.82, 2.24) is 14.8 Å². The van der Waals surface area contributed by atoms with Gasteiger partial charge < -0.3 is 11.1 Å². The third kappa shape index (κ3) is 5.68. The van der Waals surface area contributed by atoms with Gasteiger partial charge in [-0.15, -0.1) is 16.9 Å². The largest absolute Gasteiger partial charge is 0.369 e. The van der Waals surface area contributed by atoms with Gasteiger partial charge in [0.15, 0.2) is 5.16 Å². The maximum Gasteiger partial charge on any atom is 0.343 e. The number of carbonyl (C=O) groups is 2. The van der Waals surface area contributed by atoms with Crippen LogP contribution in [0.5, 0.6) is 0 Å². The molecule has 0 aliphatic heterocycles. The van der Waals surface area contributed by atoms with E-state index in [2.05, 4.69) is 15.5 Å². The maximum absolute atomic E-state index is 12.2. The highest BCUT2D eigenvalue weighted by Gasteiger charge is 2.12. The fourth-order valence-corrected chi connectivity index (χ4v) is 3.51. The number of thioether (sulfide) groups is 2. The van der Waals surface area contributed by atoms with Crippen LogP contribution < -0.4 is 16.7 Å². The second kappa shape index (κ2) is 9.33. The number of primary amides is 1. The van der Waals surface area contributed by atoms with Crippen molar-refractivity contribution in [3.63, 3.8) is 0 Å². The Bertz CT molecular complexity index is 802. The van der Waals surface area contributed by atoms with E-state index in [9.17, 15) is 14.4 Å². The van der Waals surface area contributed by atoms with Crippen LogP contribution in [0.3, 0.4) is 0 Å². The number of nitrogens with one attached hydrogen (secondary N) is 2. The van der Waals surface area contributed by atoms with Gasteiger partial charge in [0.1, 0.15) is 0 Å². The highest BCUT2D eigenvalue weighted by molar-refractivity contribution is 8.00. The molecule has 4 N–H and O–H groups in total. The molecule has 0 saturated carbocycles. The molecule has 0 bridgehead atoms. The van der Waals surface area contributed by atoms with Gasteiger partial charge in [0.2, 0.25) is 11.8 Å². The number of benzene rings is 1. The maximum atomic E-state index is 12.2. The van der Waals surface area contributed by atoms with Gasteiger partial charge in [0, 0.05) is 11.4 Å². The number of rotatable bonds is 9. The summed E-state index contributed by atoms with van der Waals surface area (Å²) < 4.78 is 1.51. The van der Waals surface area contributed by atoms with Crippen LogP contribution in [0.1, 0.15) is 13.3 Å². The van der Waals surface area contributed by atoms with Crippen LogP contribution >= 0.6 is 23.5 Å². The number of anilines is 1. The molecule has 0 saturated heterocycles. The van der Waals surface area contributed by atoms with Crippen molar-refractivity contribution in [2.45, 2.75) is 29.9 Å². The molecule has 0 unspecified atom stereocenters. The molecule has 25 heavy (non-hydrogen) atoms. The number of para-hydroxylation sites is 1. The monoisotopic (exact) mass is 381 g/mol. The summed E-state index contributed by atoms with van der Waals surface area (Å²) in [7, 11) is 0. The summed E-state index contributed by atoms with van der Waals surface area (Å²) in [5.74, 6) is -0.397. The Morgan fingerprint density at radius 1 is 1.28 bits per heavy atom. The molecule has 134 valence electrons. The number of nitrogens with zero attached hydrogens (tertiary/aromatic N) is 2. The molecule has 2 amide bonds. The molecule has 0 radical (unpaired) electrons. The van der Waals surface area contributed by atoms with Crippen LogP contribution in [0.25, 0.3) is 0 Å². The molecule has 0 aliphatic carbocycles. The standard InChI is InChI=1S/C15H19N5O3S2/c1-2-7-20-14(23)18-19-15(20)25-9-13(22)17-10-5-3-4-6-11(10)24-8-12(16)21/h3-6H,2,7-9H2,1H3,(H2,16,21)(H,17,22)(H,18,23). The molecule has 0 fully saturated rings. The highest BCUT2D eigenvalue weighted by atomic mass is 32.2. The number of carbonyl (C=O) groups excluding carboxylic acids is 2. The minimum Gasteiger partial charge on any atom is -0.369 e. The molecule has 1 aromatic carbocycles. The molecular formula is C15H19N5O3S2. The molecule has 1 aromatic heterocycles. The average Bonchev–Trinajstić information content (AvgIpc) is 2.93. The van der Waals surface area contributed by atoms with E-state index in [0.717, 1.165) is 11.3 Å². The smallest absolute Gasteiger partial charge is 0.343 e. The minimum atomic E-state index is -0.422. The lowest BCUT2D eigenvalue weighted by molar-refractivity contribution is -0.115. The van der Waals surface area contributed by atoms with Gasteiger partial charge in [0.25, 0.3) is 0 Å². The van der Waals surface area contributed by atoms with Gasteiger partial charge in [-0.2, -0.15) is 0 Å². The van der Waals surface area contributed by atoms with E-state index >= 15 is 0 Å². The Morgan fingerprint density at radius 3 is 2.76 bits per heavy atom. The first-order chi connectivity index (χ1) is 12.0. The van der Waals surface area contributed by atoms with E-state index in [1.165, 1.54) is 28.1 Å². The molecule has 2 aromatic rings. The van der Waals surface area contributed by atoms with Crippen molar-refractivity contribution in [2.24, 2.45) is 5.73 Å². The summed E-state index contributed by atoms with van der Waals surface area (Å²) in [6.07, 6.45) is 0.795. The fourth-order valence-electron chi connectivity index (χ4n) is 2.00. The van der Waals surface area contributed by atoms with Crippen LogP contribution in [0, 0.1) is 0 Å². The summed E-state index contributed by atoms with van der Waals surface area (Å²) in [4.78, 5) is 35.5. The normalized spacial score (nSPS) is 10.6. The van der Waals surface area contributed by atoms with E-state index in [0.29, 0.717) is 17.4 Å². The molecule has 0 spiro atoms. The summed E-state index contributed by atoms with van der Waals surface area (Å²) in [5.41, 5.74) is 5.49. The second-order valence-corrected chi connectivity index (χ2v) is 7.01. The number of aromatic nitrogens is 3. The summed E-state index contributed by atoms with van der Waals surface area (Å²) >= 11 is 2.45. The molecular weight excluding hydrogens is 362 g/mol. The second-order valence-electron chi connectivity index (χ2n) is 5.05. The van der Waals surface area contributed by atoms with Crippen LogP contribution in [0.4, 0.5) is 5.69 Å². The number of H-pyrrole nitrogens is 1. The van der Waals surface area contributed by atoms with Crippen LogP contribution in [0.2, 0.25) is 0 Å². The summed E-state index contributed by atoms with van der Waals surface area (Å²) in [6.45, 7) is 2.51. The molecule has 0 atom stereocenters. The zero-order valence-corrected chi connectivity index (χ0v) is 15.3. The van der Waals surface area contributed by atoms with Gasteiger partial charge >= 0.3 is 5.69 Å². The molecule has 2 rings (SSSR count). The Morgan fingerprint density at radius 2 is 2.04 bits per heavy atom. The van der Waals surface area contributed by atoms with Crippen molar-refractivity contribution >= 4 is 41.0 Å². The molecule has 1 heterocycles. The van der Waals surface area contributed by atoms with Crippen molar-refractivity contribution < 1.29 is 9.59 Å². The predicted molar refractivity (Wildman–Crippen MR) is 98.9 cm³/mol. The SMILES string of the molecule is CCCn1c(SCC(=O)Nc2ccccc2SCC(N)=O)n[nH]c1=O. The Labute approximate surface area is 152 Å². The lowest BCUT2D eigenvalue weighted by Crippen LogP contribution is -2.19. The fraction of sp³-hybridized carbons (Fsp3) is 0.333. The quantitative estimate of drug-likeness (QED) is 0.563. The third-order valence-electron chi connectivity index (χ3n) is 3.03. The highest BCUT2D eigenvalue weighted by Crippen LogP contribution is 2.27. The van der Waals surface area contributed by atoms with Crippen LogP contribution in [-0.4, -0.2) is 38.1 Å². The van der Waals surface area contributed by atoms with E-state index in [1.54, 1.807) is 12.1 Å². The first-order valence-corrected chi connectivity index (χ1v) is 9.56. The van der Waals surface area contributed by atoms with Crippen LogP contribution in [-0.2, 0) is 16.1 Å². The van der Waals surface area contributed by atoms with E-state index < -0.39 is 5.91 Å². The first-order valence-electron chi connectivity index (χ1n) is 7.59. The number of amides is 2. The van der Waals surface area contributed by atoms with Gasteiger partial charge in [-0.05, 0) is 18.6 Å². The minimum absolute atomic E-state index is 0.114. The van der Waals surface area contributed by atoms with Gasteiger partial charge in [-0.3, -0.25) is 14.2 Å². The van der Waals surface area contributed by atoms with E-state index in [1.807, 2.05) is 19.1 Å². The van der Waals surface area contributed by atoms with E-state index in [4.69, 9.17) is 5.73 Å². The first kappa shape index (κ1) is 19.1. The summed E-state index contributed by atoms with van der Waals surface area (Å²) in [6, 6.07) is 7.18.